The van der Waals surface area contributed by atoms with Crippen molar-refractivity contribution in [3.63, 3.8) is 0 Å². The zero-order chi connectivity index (χ0) is 15.9. The molecule has 0 aliphatic rings. The van der Waals surface area contributed by atoms with Crippen molar-refractivity contribution in [1.82, 2.24) is 0 Å². The second kappa shape index (κ2) is 7.71. The van der Waals surface area contributed by atoms with Crippen molar-refractivity contribution in [1.29, 1.82) is 5.26 Å². The zero-order valence-electron chi connectivity index (χ0n) is 12.5. The molecule has 0 unspecified atom stereocenters. The summed E-state index contributed by atoms with van der Waals surface area (Å²) in [6, 6.07) is 13.6. The first-order valence-electron chi connectivity index (χ1n) is 6.91. The smallest absolute Gasteiger partial charge is 0.161 e. The number of nitrogens with one attached hydrogen (secondary N) is 1. The summed E-state index contributed by atoms with van der Waals surface area (Å²) in [5.41, 5.74) is 2.46. The van der Waals surface area contributed by atoms with E-state index in [0.29, 0.717) is 24.5 Å². The van der Waals surface area contributed by atoms with Crippen LogP contribution in [0.5, 0.6) is 11.5 Å². The van der Waals surface area contributed by atoms with Crippen molar-refractivity contribution in [3.05, 3.63) is 52.0 Å². The van der Waals surface area contributed by atoms with Gasteiger partial charge in [-0.1, -0.05) is 22.0 Å². The second-order valence-corrected chi connectivity index (χ2v) is 5.49. The van der Waals surface area contributed by atoms with Gasteiger partial charge in [0.05, 0.1) is 25.0 Å². The minimum Gasteiger partial charge on any atom is -0.493 e. The minimum absolute atomic E-state index is 0.582. The van der Waals surface area contributed by atoms with E-state index in [4.69, 9.17) is 9.47 Å². The molecular formula is C17H17BrN2O2. The highest BCUT2D eigenvalue weighted by atomic mass is 79.9. The molecule has 0 aliphatic carbocycles. The van der Waals surface area contributed by atoms with E-state index in [0.717, 1.165) is 21.5 Å². The number of methoxy groups -OCH3 is 1. The summed E-state index contributed by atoms with van der Waals surface area (Å²) in [5.74, 6) is 1.44. The van der Waals surface area contributed by atoms with Gasteiger partial charge in [0.15, 0.2) is 11.5 Å². The van der Waals surface area contributed by atoms with Crippen molar-refractivity contribution in [3.8, 4) is 17.6 Å². The molecule has 2 aromatic carbocycles. The number of hydrogen-bond donors (Lipinski definition) is 1. The molecule has 22 heavy (non-hydrogen) atoms. The molecule has 5 heteroatoms. The van der Waals surface area contributed by atoms with Gasteiger partial charge in [-0.05, 0) is 42.8 Å². The first kappa shape index (κ1) is 16.2. The van der Waals surface area contributed by atoms with Crippen molar-refractivity contribution < 1.29 is 9.47 Å². The summed E-state index contributed by atoms with van der Waals surface area (Å²) < 4.78 is 11.7. The Morgan fingerprint density at radius 1 is 1.18 bits per heavy atom. The third kappa shape index (κ3) is 3.92. The summed E-state index contributed by atoms with van der Waals surface area (Å²) in [7, 11) is 1.62. The molecule has 4 nitrogen and oxygen atoms in total. The van der Waals surface area contributed by atoms with Crippen LogP contribution < -0.4 is 14.8 Å². The average Bonchev–Trinajstić information content (AvgIpc) is 2.54. The Morgan fingerprint density at radius 2 is 2.00 bits per heavy atom. The van der Waals surface area contributed by atoms with Crippen molar-refractivity contribution in [2.75, 3.05) is 19.0 Å². The maximum atomic E-state index is 9.18. The highest BCUT2D eigenvalue weighted by molar-refractivity contribution is 9.10. The first-order valence-corrected chi connectivity index (χ1v) is 7.70. The van der Waals surface area contributed by atoms with E-state index in [1.165, 1.54) is 0 Å². The predicted octanol–water partition coefficient (Wildman–Crippen LogP) is 4.34. The molecule has 0 heterocycles. The minimum atomic E-state index is 0.582. The molecule has 0 spiro atoms. The lowest BCUT2D eigenvalue weighted by Crippen LogP contribution is -2.03. The summed E-state index contributed by atoms with van der Waals surface area (Å²) >= 11 is 3.37. The monoisotopic (exact) mass is 360 g/mol. The number of anilines is 1. The van der Waals surface area contributed by atoms with Crippen LogP contribution in [0.1, 0.15) is 18.1 Å². The molecule has 2 aromatic rings. The van der Waals surface area contributed by atoms with Gasteiger partial charge >= 0.3 is 0 Å². The Morgan fingerprint density at radius 3 is 2.68 bits per heavy atom. The lowest BCUT2D eigenvalue weighted by atomic mass is 10.1. The van der Waals surface area contributed by atoms with E-state index < -0.39 is 0 Å². The lowest BCUT2D eigenvalue weighted by molar-refractivity contribution is 0.310. The van der Waals surface area contributed by atoms with E-state index in [2.05, 4.69) is 27.3 Å². The van der Waals surface area contributed by atoms with Crippen LogP contribution in [0.25, 0.3) is 0 Å². The van der Waals surface area contributed by atoms with Crippen LogP contribution >= 0.6 is 15.9 Å². The fraction of sp³-hybridized carbons (Fsp3) is 0.235. The summed E-state index contributed by atoms with van der Waals surface area (Å²) in [6.07, 6.45) is 0. The van der Waals surface area contributed by atoms with Crippen molar-refractivity contribution >= 4 is 21.6 Å². The molecule has 0 bridgehead atoms. The number of ether oxygens (including phenoxy) is 2. The number of nitriles is 1. The Kier molecular flexibility index (Phi) is 5.68. The number of hydrogen-bond acceptors (Lipinski definition) is 4. The molecule has 0 saturated carbocycles. The molecule has 0 radical (unpaired) electrons. The van der Waals surface area contributed by atoms with Crippen LogP contribution in [0.4, 0.5) is 5.69 Å². The van der Waals surface area contributed by atoms with Gasteiger partial charge in [0.25, 0.3) is 0 Å². The van der Waals surface area contributed by atoms with Crippen LogP contribution in [0.3, 0.4) is 0 Å². The zero-order valence-corrected chi connectivity index (χ0v) is 14.1. The molecule has 0 saturated heterocycles. The molecule has 0 aliphatic heterocycles. The van der Waals surface area contributed by atoms with Crippen LogP contribution in [0, 0.1) is 11.3 Å². The molecule has 114 valence electrons. The van der Waals surface area contributed by atoms with Crippen LogP contribution in [0.15, 0.2) is 40.9 Å². The summed E-state index contributed by atoms with van der Waals surface area (Å²) in [4.78, 5) is 0. The van der Waals surface area contributed by atoms with Crippen LogP contribution in [-0.2, 0) is 6.54 Å². The molecular weight excluding hydrogens is 344 g/mol. The van der Waals surface area contributed by atoms with E-state index in [-0.39, 0.29) is 0 Å². The van der Waals surface area contributed by atoms with Gasteiger partial charge < -0.3 is 14.8 Å². The Balaban J connectivity index is 2.15. The predicted molar refractivity (Wildman–Crippen MR) is 90.3 cm³/mol. The topological polar surface area (TPSA) is 54.3 Å². The van der Waals surface area contributed by atoms with Gasteiger partial charge in [-0.2, -0.15) is 5.26 Å². The van der Waals surface area contributed by atoms with Crippen molar-refractivity contribution in [2.45, 2.75) is 13.5 Å². The van der Waals surface area contributed by atoms with Crippen LogP contribution in [0.2, 0.25) is 0 Å². The van der Waals surface area contributed by atoms with Crippen molar-refractivity contribution in [2.24, 2.45) is 0 Å². The van der Waals surface area contributed by atoms with Gasteiger partial charge in [-0.3, -0.25) is 0 Å². The SMILES string of the molecule is CCOc1cc(CNc2ccc(Br)cc2C#N)ccc1OC. The summed E-state index contributed by atoms with van der Waals surface area (Å²) in [6.45, 7) is 3.12. The standard InChI is InChI=1S/C17H17BrN2O2/c1-3-22-17-8-12(4-7-16(17)21-2)11-20-15-6-5-14(18)9-13(15)10-19/h4-9,20H,3,11H2,1-2H3. The number of rotatable bonds is 6. The molecule has 0 aromatic heterocycles. The van der Waals surface area contributed by atoms with Gasteiger partial charge in [-0.15, -0.1) is 0 Å². The van der Waals surface area contributed by atoms with E-state index in [1.54, 1.807) is 13.2 Å². The van der Waals surface area contributed by atoms with Gasteiger partial charge in [-0.25, -0.2) is 0 Å². The van der Waals surface area contributed by atoms with E-state index in [9.17, 15) is 5.26 Å². The average molecular weight is 361 g/mol. The Hall–Kier alpha value is -2.19. The lowest BCUT2D eigenvalue weighted by Gasteiger charge is -2.12. The largest absolute Gasteiger partial charge is 0.493 e. The molecule has 0 atom stereocenters. The highest BCUT2D eigenvalue weighted by Gasteiger charge is 2.07. The number of benzene rings is 2. The third-order valence-electron chi connectivity index (χ3n) is 3.11. The first-order chi connectivity index (χ1) is 10.7. The second-order valence-electron chi connectivity index (χ2n) is 4.57. The normalized spacial score (nSPS) is 9.91. The van der Waals surface area contributed by atoms with Crippen LogP contribution in [-0.4, -0.2) is 13.7 Å². The molecule has 1 N–H and O–H groups in total. The van der Waals surface area contributed by atoms with Gasteiger partial charge in [0.2, 0.25) is 0 Å². The maximum absolute atomic E-state index is 9.18. The molecule has 0 amide bonds. The van der Waals surface area contributed by atoms with E-state index in [1.807, 2.05) is 37.3 Å². The number of halogens is 1. The van der Waals surface area contributed by atoms with Gasteiger partial charge in [0, 0.05) is 11.0 Å². The quantitative estimate of drug-likeness (QED) is 0.832. The van der Waals surface area contributed by atoms with E-state index >= 15 is 0 Å². The molecule has 2 rings (SSSR count). The van der Waals surface area contributed by atoms with Gasteiger partial charge in [0.1, 0.15) is 6.07 Å². The maximum Gasteiger partial charge on any atom is 0.161 e. The summed E-state index contributed by atoms with van der Waals surface area (Å²) in [5, 5.41) is 12.4. The fourth-order valence-corrected chi connectivity index (χ4v) is 2.42. The highest BCUT2D eigenvalue weighted by Crippen LogP contribution is 2.28. The fourth-order valence-electron chi connectivity index (χ4n) is 2.06. The Labute approximate surface area is 138 Å². The molecule has 0 fully saturated rings. The Bertz CT molecular complexity index is 696. The number of nitrogens with zero attached hydrogens (tertiary/aromatic N) is 1. The third-order valence-corrected chi connectivity index (χ3v) is 3.61.